The van der Waals surface area contributed by atoms with Crippen molar-refractivity contribution in [2.75, 3.05) is 0 Å². The Balaban J connectivity index is 2.09. The molecule has 2 heterocycles. The van der Waals surface area contributed by atoms with E-state index in [2.05, 4.69) is 11.9 Å². The molecule has 1 unspecified atom stereocenters. The normalized spacial score (nSPS) is 18.5. The smallest absolute Gasteiger partial charge is 0.259 e. The number of nitrogens with zero attached hydrogens (tertiary/aromatic N) is 1. The molecule has 3 aromatic rings. The van der Waals surface area contributed by atoms with Crippen LogP contribution in [0.15, 0.2) is 41.2 Å². The average Bonchev–Trinajstić information content (AvgIpc) is 2.54. The van der Waals surface area contributed by atoms with Gasteiger partial charge in [0.2, 0.25) is 11.8 Å². The SMILES string of the molecule is C=c1c2cccc3cccc(c(=O)n1C1CCC(=O)NC1=O)c32. The van der Waals surface area contributed by atoms with Gasteiger partial charge >= 0.3 is 0 Å². The van der Waals surface area contributed by atoms with Crippen molar-refractivity contribution in [2.45, 2.75) is 18.9 Å². The summed E-state index contributed by atoms with van der Waals surface area (Å²) in [7, 11) is 0. The maximum Gasteiger partial charge on any atom is 0.259 e. The molecule has 114 valence electrons. The number of benzene rings is 2. The number of aromatic nitrogens is 1. The first-order chi connectivity index (χ1) is 11.1. The van der Waals surface area contributed by atoms with Crippen molar-refractivity contribution in [3.63, 3.8) is 0 Å². The highest BCUT2D eigenvalue weighted by Crippen LogP contribution is 2.23. The maximum atomic E-state index is 12.9. The van der Waals surface area contributed by atoms with E-state index in [-0.39, 0.29) is 17.9 Å². The molecular weight excluding hydrogens is 292 g/mol. The van der Waals surface area contributed by atoms with Crippen LogP contribution in [0.4, 0.5) is 0 Å². The molecule has 0 aliphatic carbocycles. The van der Waals surface area contributed by atoms with Gasteiger partial charge in [0.05, 0.1) is 0 Å². The van der Waals surface area contributed by atoms with Crippen molar-refractivity contribution >= 4 is 39.9 Å². The molecule has 23 heavy (non-hydrogen) atoms. The van der Waals surface area contributed by atoms with E-state index in [0.29, 0.717) is 17.2 Å². The van der Waals surface area contributed by atoms with Gasteiger partial charge in [-0.25, -0.2) is 0 Å². The number of pyridine rings is 1. The minimum Gasteiger partial charge on any atom is -0.296 e. The van der Waals surface area contributed by atoms with E-state index in [1.165, 1.54) is 4.57 Å². The van der Waals surface area contributed by atoms with Crippen molar-refractivity contribution in [1.29, 1.82) is 0 Å². The number of carbonyl (C=O) groups excluding carboxylic acids is 2. The lowest BCUT2D eigenvalue weighted by Crippen LogP contribution is -2.48. The molecule has 0 spiro atoms. The van der Waals surface area contributed by atoms with Gasteiger partial charge in [-0.3, -0.25) is 24.3 Å². The molecule has 2 aromatic carbocycles. The lowest BCUT2D eigenvalue weighted by Gasteiger charge is -2.24. The molecule has 1 fully saturated rings. The van der Waals surface area contributed by atoms with Gasteiger partial charge in [0, 0.05) is 27.9 Å². The van der Waals surface area contributed by atoms with Crippen LogP contribution in [0.3, 0.4) is 0 Å². The van der Waals surface area contributed by atoms with Crippen LogP contribution in [0.5, 0.6) is 0 Å². The lowest BCUT2D eigenvalue weighted by atomic mass is 10.00. The minimum atomic E-state index is -0.698. The summed E-state index contributed by atoms with van der Waals surface area (Å²) in [4.78, 5) is 36.5. The highest BCUT2D eigenvalue weighted by Gasteiger charge is 2.29. The summed E-state index contributed by atoms with van der Waals surface area (Å²) in [6.45, 7) is 4.04. The topological polar surface area (TPSA) is 68.2 Å². The lowest BCUT2D eigenvalue weighted by molar-refractivity contribution is -0.135. The molecule has 1 N–H and O–H groups in total. The van der Waals surface area contributed by atoms with Crippen LogP contribution >= 0.6 is 0 Å². The predicted molar refractivity (Wildman–Crippen MR) is 87.9 cm³/mol. The van der Waals surface area contributed by atoms with Crippen LogP contribution in [0.1, 0.15) is 18.9 Å². The summed E-state index contributed by atoms with van der Waals surface area (Å²) < 4.78 is 1.43. The van der Waals surface area contributed by atoms with Gasteiger partial charge in [-0.15, -0.1) is 0 Å². The summed E-state index contributed by atoms with van der Waals surface area (Å²) in [6, 6.07) is 10.6. The van der Waals surface area contributed by atoms with Crippen molar-refractivity contribution in [3.05, 3.63) is 52.1 Å². The van der Waals surface area contributed by atoms with E-state index in [4.69, 9.17) is 0 Å². The predicted octanol–water partition coefficient (Wildman–Crippen LogP) is 1.26. The summed E-state index contributed by atoms with van der Waals surface area (Å²) in [5.74, 6) is -0.744. The largest absolute Gasteiger partial charge is 0.296 e. The molecule has 5 heteroatoms. The van der Waals surface area contributed by atoms with Gasteiger partial charge < -0.3 is 0 Å². The van der Waals surface area contributed by atoms with Gasteiger partial charge in [-0.2, -0.15) is 0 Å². The Bertz CT molecular complexity index is 1020. The van der Waals surface area contributed by atoms with Crippen molar-refractivity contribution in [1.82, 2.24) is 9.88 Å². The second kappa shape index (κ2) is 4.78. The van der Waals surface area contributed by atoms with Gasteiger partial charge in [0.1, 0.15) is 6.04 Å². The highest BCUT2D eigenvalue weighted by molar-refractivity contribution is 6.09. The van der Waals surface area contributed by atoms with E-state index in [1.54, 1.807) is 6.07 Å². The third-order valence-corrected chi connectivity index (χ3v) is 4.48. The van der Waals surface area contributed by atoms with Crippen molar-refractivity contribution in [3.8, 4) is 0 Å². The van der Waals surface area contributed by atoms with Crippen LogP contribution in [-0.4, -0.2) is 16.4 Å². The fraction of sp³-hybridized carbons (Fsp3) is 0.167. The van der Waals surface area contributed by atoms with E-state index in [0.717, 1.165) is 16.2 Å². The van der Waals surface area contributed by atoms with Gasteiger partial charge in [-0.05, 0) is 17.9 Å². The van der Waals surface area contributed by atoms with Gasteiger partial charge in [-0.1, -0.05) is 36.9 Å². The maximum absolute atomic E-state index is 12.9. The first-order valence-electron chi connectivity index (χ1n) is 7.46. The van der Waals surface area contributed by atoms with Crippen molar-refractivity contribution < 1.29 is 9.59 Å². The Morgan fingerprint density at radius 1 is 1.04 bits per heavy atom. The first-order valence-corrected chi connectivity index (χ1v) is 7.46. The Morgan fingerprint density at radius 3 is 2.43 bits per heavy atom. The Kier molecular flexibility index (Phi) is 2.84. The number of carbonyl (C=O) groups is 2. The number of nitrogens with one attached hydrogen (secondary N) is 1. The molecule has 2 amide bonds. The van der Waals surface area contributed by atoms with E-state index in [1.807, 2.05) is 30.3 Å². The number of piperidine rings is 1. The second-order valence-electron chi connectivity index (χ2n) is 5.80. The quantitative estimate of drug-likeness (QED) is 0.688. The fourth-order valence-electron chi connectivity index (χ4n) is 3.40. The van der Waals surface area contributed by atoms with Gasteiger partial charge in [0.25, 0.3) is 5.56 Å². The van der Waals surface area contributed by atoms with Crippen LogP contribution < -0.4 is 16.2 Å². The molecule has 4 rings (SSSR count). The highest BCUT2D eigenvalue weighted by atomic mass is 16.2. The molecule has 1 aliphatic heterocycles. The summed E-state index contributed by atoms with van der Waals surface area (Å²) in [5, 5.41) is 6.07. The first kappa shape index (κ1) is 13.7. The third-order valence-electron chi connectivity index (χ3n) is 4.48. The standard InChI is InChI=1S/C18H14N2O3/c1-10-12-6-2-4-11-5-3-7-13(16(11)12)18(23)20(10)14-8-9-15(21)19-17(14)22/h2-7,14H,1,8-9H2,(H,19,21,22). The molecule has 0 bridgehead atoms. The molecule has 1 atom stereocenters. The number of hydrogen-bond donors (Lipinski definition) is 1. The van der Waals surface area contributed by atoms with Crippen LogP contribution in [0, 0.1) is 0 Å². The molecular formula is C18H14N2O3. The Labute approximate surface area is 131 Å². The van der Waals surface area contributed by atoms with Crippen LogP contribution in [0.25, 0.3) is 28.1 Å². The Hall–Kier alpha value is -2.95. The van der Waals surface area contributed by atoms with E-state index in [9.17, 15) is 14.4 Å². The fourth-order valence-corrected chi connectivity index (χ4v) is 3.40. The zero-order valence-corrected chi connectivity index (χ0v) is 12.3. The summed E-state index contributed by atoms with van der Waals surface area (Å²) in [6.07, 6.45) is 0.535. The van der Waals surface area contributed by atoms with E-state index >= 15 is 0 Å². The molecule has 1 aliphatic rings. The van der Waals surface area contributed by atoms with E-state index < -0.39 is 11.9 Å². The summed E-state index contributed by atoms with van der Waals surface area (Å²) >= 11 is 0. The number of imide groups is 1. The average molecular weight is 306 g/mol. The molecule has 5 nitrogen and oxygen atoms in total. The second-order valence-corrected chi connectivity index (χ2v) is 5.80. The zero-order valence-electron chi connectivity index (χ0n) is 12.3. The number of amides is 2. The Morgan fingerprint density at radius 2 is 1.74 bits per heavy atom. The molecule has 1 aromatic heterocycles. The third kappa shape index (κ3) is 1.90. The number of hydrogen-bond acceptors (Lipinski definition) is 3. The van der Waals surface area contributed by atoms with Gasteiger partial charge in [0.15, 0.2) is 0 Å². The molecule has 1 saturated heterocycles. The van der Waals surface area contributed by atoms with Crippen LogP contribution in [-0.2, 0) is 9.59 Å². The minimum absolute atomic E-state index is 0.222. The zero-order chi connectivity index (χ0) is 16.1. The molecule has 0 radical (unpaired) electrons. The monoisotopic (exact) mass is 306 g/mol. The van der Waals surface area contributed by atoms with Crippen LogP contribution in [0.2, 0.25) is 0 Å². The summed E-state index contributed by atoms with van der Waals surface area (Å²) in [5.41, 5.74) is -0.242. The number of rotatable bonds is 1. The molecule has 0 saturated carbocycles. The van der Waals surface area contributed by atoms with Crippen molar-refractivity contribution in [2.24, 2.45) is 0 Å².